The van der Waals surface area contributed by atoms with Crippen LogP contribution in [0.15, 0.2) is 48.5 Å². The molecule has 0 aliphatic heterocycles. The fourth-order valence-corrected chi connectivity index (χ4v) is 3.48. The number of hydrogen-bond donors (Lipinski definition) is 1. The number of carbonyl (C=O) groups excluding carboxylic acids is 2. The molecule has 1 aromatic heterocycles. The first-order chi connectivity index (χ1) is 15.3. The SMILES string of the molecule is COCC(=O)Nc1ccc(-c2c(CC(C)C)nn(-c3cccc(C)c3)c2OC(C)=O)cc1. The van der Waals surface area contributed by atoms with Gasteiger partial charge >= 0.3 is 5.97 Å². The fraction of sp³-hybridized carbons (Fsp3) is 0.320. The van der Waals surface area contributed by atoms with E-state index < -0.39 is 5.97 Å². The van der Waals surface area contributed by atoms with Gasteiger partial charge in [0.15, 0.2) is 0 Å². The van der Waals surface area contributed by atoms with E-state index in [2.05, 4.69) is 19.2 Å². The van der Waals surface area contributed by atoms with E-state index in [1.807, 2.05) is 55.5 Å². The highest BCUT2D eigenvalue weighted by Crippen LogP contribution is 2.37. The lowest BCUT2D eigenvalue weighted by atomic mass is 9.99. The number of amides is 1. The number of carbonyl (C=O) groups is 2. The van der Waals surface area contributed by atoms with Crippen molar-refractivity contribution < 1.29 is 19.1 Å². The van der Waals surface area contributed by atoms with Gasteiger partial charge < -0.3 is 14.8 Å². The molecular formula is C25H29N3O4. The summed E-state index contributed by atoms with van der Waals surface area (Å²) in [6, 6.07) is 15.3. The number of aromatic nitrogens is 2. The molecule has 1 N–H and O–H groups in total. The van der Waals surface area contributed by atoms with Crippen molar-refractivity contribution >= 4 is 17.6 Å². The van der Waals surface area contributed by atoms with Crippen molar-refractivity contribution in [2.45, 2.75) is 34.1 Å². The molecule has 0 saturated carbocycles. The molecule has 0 spiro atoms. The fourth-order valence-electron chi connectivity index (χ4n) is 3.48. The Hall–Kier alpha value is -3.45. The quantitative estimate of drug-likeness (QED) is 0.525. The minimum atomic E-state index is -0.417. The van der Waals surface area contributed by atoms with Crippen molar-refractivity contribution in [3.8, 4) is 22.7 Å². The minimum Gasteiger partial charge on any atom is -0.407 e. The molecule has 0 radical (unpaired) electrons. The second-order valence-electron chi connectivity index (χ2n) is 8.13. The van der Waals surface area contributed by atoms with Crippen LogP contribution >= 0.6 is 0 Å². The first-order valence-electron chi connectivity index (χ1n) is 10.5. The topological polar surface area (TPSA) is 82.4 Å². The zero-order valence-corrected chi connectivity index (χ0v) is 19.1. The molecule has 0 aliphatic carbocycles. The molecule has 1 amide bonds. The zero-order valence-electron chi connectivity index (χ0n) is 19.1. The van der Waals surface area contributed by atoms with Gasteiger partial charge in [0.25, 0.3) is 0 Å². The number of benzene rings is 2. The van der Waals surface area contributed by atoms with E-state index in [1.165, 1.54) is 14.0 Å². The Morgan fingerprint density at radius 1 is 1.12 bits per heavy atom. The summed E-state index contributed by atoms with van der Waals surface area (Å²) in [4.78, 5) is 23.8. The van der Waals surface area contributed by atoms with Gasteiger partial charge in [-0.15, -0.1) is 0 Å². The summed E-state index contributed by atoms with van der Waals surface area (Å²) in [6.45, 7) is 7.61. The van der Waals surface area contributed by atoms with Gasteiger partial charge in [-0.1, -0.05) is 38.1 Å². The average molecular weight is 436 g/mol. The number of rotatable bonds is 8. The maximum atomic E-state index is 12.0. The van der Waals surface area contributed by atoms with Gasteiger partial charge in [0, 0.05) is 19.7 Å². The number of ether oxygens (including phenoxy) is 2. The summed E-state index contributed by atoms with van der Waals surface area (Å²) in [5.41, 5.74) is 5.01. The highest BCUT2D eigenvalue weighted by Gasteiger charge is 2.24. The third-order valence-electron chi connectivity index (χ3n) is 4.74. The van der Waals surface area contributed by atoms with Crippen LogP contribution in [0.2, 0.25) is 0 Å². The van der Waals surface area contributed by atoms with E-state index in [0.29, 0.717) is 17.5 Å². The van der Waals surface area contributed by atoms with Crippen molar-refractivity contribution in [3.05, 3.63) is 59.8 Å². The molecule has 2 aromatic carbocycles. The van der Waals surface area contributed by atoms with Crippen LogP contribution in [0.3, 0.4) is 0 Å². The van der Waals surface area contributed by atoms with Crippen LogP contribution in [0.1, 0.15) is 32.0 Å². The maximum Gasteiger partial charge on any atom is 0.309 e. The Morgan fingerprint density at radius 3 is 2.44 bits per heavy atom. The van der Waals surface area contributed by atoms with Gasteiger partial charge in [-0.25, -0.2) is 0 Å². The smallest absolute Gasteiger partial charge is 0.309 e. The largest absolute Gasteiger partial charge is 0.407 e. The Labute approximate surface area is 188 Å². The summed E-state index contributed by atoms with van der Waals surface area (Å²) in [6.07, 6.45) is 0.717. The molecule has 7 heteroatoms. The number of nitrogens with one attached hydrogen (secondary N) is 1. The first kappa shape index (κ1) is 23.2. The molecule has 0 unspecified atom stereocenters. The van der Waals surface area contributed by atoms with Crippen LogP contribution in [0.5, 0.6) is 5.88 Å². The van der Waals surface area contributed by atoms with E-state index in [-0.39, 0.29) is 12.5 Å². The molecule has 0 fully saturated rings. The highest BCUT2D eigenvalue weighted by molar-refractivity contribution is 5.92. The number of aryl methyl sites for hydroxylation is 1. The van der Waals surface area contributed by atoms with Crippen molar-refractivity contribution in [2.75, 3.05) is 19.0 Å². The monoisotopic (exact) mass is 435 g/mol. The zero-order chi connectivity index (χ0) is 23.3. The third-order valence-corrected chi connectivity index (χ3v) is 4.74. The molecular weight excluding hydrogens is 406 g/mol. The molecule has 1 heterocycles. The minimum absolute atomic E-state index is 0.0137. The molecule has 3 rings (SSSR count). The molecule has 7 nitrogen and oxygen atoms in total. The summed E-state index contributed by atoms with van der Waals surface area (Å²) in [7, 11) is 1.47. The Bertz CT molecular complexity index is 1100. The summed E-state index contributed by atoms with van der Waals surface area (Å²) in [5.74, 6) is 0.0931. The number of nitrogens with zero attached hydrogens (tertiary/aromatic N) is 2. The molecule has 0 aliphatic rings. The van der Waals surface area contributed by atoms with Crippen LogP contribution in [-0.4, -0.2) is 35.4 Å². The van der Waals surface area contributed by atoms with Crippen molar-refractivity contribution in [1.82, 2.24) is 9.78 Å². The van der Waals surface area contributed by atoms with E-state index in [1.54, 1.807) is 4.68 Å². The lowest BCUT2D eigenvalue weighted by Gasteiger charge is -2.11. The van der Waals surface area contributed by atoms with E-state index in [4.69, 9.17) is 14.6 Å². The second kappa shape index (κ2) is 10.2. The molecule has 0 saturated heterocycles. The lowest BCUT2D eigenvalue weighted by Crippen LogP contribution is -2.16. The van der Waals surface area contributed by atoms with Crippen LogP contribution in [0.25, 0.3) is 16.8 Å². The Balaban J connectivity index is 2.12. The van der Waals surface area contributed by atoms with Crippen LogP contribution in [0.4, 0.5) is 5.69 Å². The Morgan fingerprint density at radius 2 is 1.84 bits per heavy atom. The summed E-state index contributed by atoms with van der Waals surface area (Å²) < 4.78 is 12.2. The number of anilines is 1. The maximum absolute atomic E-state index is 12.0. The third kappa shape index (κ3) is 5.62. The predicted octanol–water partition coefficient (Wildman–Crippen LogP) is 4.56. The van der Waals surface area contributed by atoms with Crippen LogP contribution in [0, 0.1) is 12.8 Å². The predicted molar refractivity (Wildman–Crippen MR) is 124 cm³/mol. The highest BCUT2D eigenvalue weighted by atomic mass is 16.5. The Kier molecular flexibility index (Phi) is 7.43. The molecule has 0 atom stereocenters. The number of methoxy groups -OCH3 is 1. The van der Waals surface area contributed by atoms with Gasteiger partial charge in [-0.05, 0) is 54.7 Å². The van der Waals surface area contributed by atoms with E-state index >= 15 is 0 Å². The van der Waals surface area contributed by atoms with Gasteiger partial charge in [-0.2, -0.15) is 9.78 Å². The number of hydrogen-bond acceptors (Lipinski definition) is 5. The normalized spacial score (nSPS) is 10.9. The number of esters is 1. The van der Waals surface area contributed by atoms with Crippen molar-refractivity contribution in [1.29, 1.82) is 0 Å². The summed E-state index contributed by atoms with van der Waals surface area (Å²) >= 11 is 0. The first-order valence-corrected chi connectivity index (χ1v) is 10.5. The standard InChI is InChI=1S/C25H29N3O4/c1-16(2)13-22-24(19-9-11-20(12-10-19)26-23(30)15-31-5)25(32-18(4)29)28(27-22)21-8-6-7-17(3)14-21/h6-12,14,16H,13,15H2,1-5H3,(H,26,30). The van der Waals surface area contributed by atoms with E-state index in [0.717, 1.165) is 34.5 Å². The molecule has 168 valence electrons. The van der Waals surface area contributed by atoms with Gasteiger partial charge in [0.05, 0.1) is 16.9 Å². The van der Waals surface area contributed by atoms with Gasteiger partial charge in [-0.3, -0.25) is 9.59 Å². The van der Waals surface area contributed by atoms with Crippen molar-refractivity contribution in [3.63, 3.8) is 0 Å². The molecule has 3 aromatic rings. The van der Waals surface area contributed by atoms with Gasteiger partial charge in [0.1, 0.15) is 6.61 Å². The molecule has 32 heavy (non-hydrogen) atoms. The second-order valence-corrected chi connectivity index (χ2v) is 8.13. The van der Waals surface area contributed by atoms with Crippen molar-refractivity contribution in [2.24, 2.45) is 5.92 Å². The summed E-state index contributed by atoms with van der Waals surface area (Å²) in [5, 5.41) is 7.62. The van der Waals surface area contributed by atoms with Gasteiger partial charge in [0.2, 0.25) is 11.8 Å². The lowest BCUT2D eigenvalue weighted by molar-refractivity contribution is -0.132. The van der Waals surface area contributed by atoms with Crippen LogP contribution < -0.4 is 10.1 Å². The average Bonchev–Trinajstić information content (AvgIpc) is 3.05. The molecule has 0 bridgehead atoms. The van der Waals surface area contributed by atoms with Crippen LogP contribution in [-0.2, 0) is 20.7 Å². The van der Waals surface area contributed by atoms with E-state index in [9.17, 15) is 9.59 Å².